The molecule has 0 radical (unpaired) electrons. The van der Waals surface area contributed by atoms with Gasteiger partial charge in [0, 0.05) is 30.1 Å². The van der Waals surface area contributed by atoms with Crippen LogP contribution in [0, 0.1) is 25.1 Å². The summed E-state index contributed by atoms with van der Waals surface area (Å²) in [6.45, 7) is 4.60. The molecule has 4 aromatic rings. The molecule has 1 N–H and O–H groups in total. The highest BCUT2D eigenvalue weighted by Crippen LogP contribution is 2.35. The lowest BCUT2D eigenvalue weighted by Gasteiger charge is -2.32. The minimum atomic E-state index is -1.30. The third kappa shape index (κ3) is 4.80. The molecule has 0 aliphatic carbocycles. The normalized spacial score (nSPS) is 15.2. The molecule has 2 atom stereocenters. The average molecular weight is 519 g/mol. The summed E-state index contributed by atoms with van der Waals surface area (Å²) in [4.78, 5) is 19.6. The minimum Gasteiger partial charge on any atom is -0.339 e. The fourth-order valence-corrected chi connectivity index (χ4v) is 5.51. The quantitative estimate of drug-likeness (QED) is 0.241. The van der Waals surface area contributed by atoms with E-state index in [1.165, 1.54) is 6.07 Å². The van der Waals surface area contributed by atoms with Gasteiger partial charge in [-0.1, -0.05) is 45.1 Å². The van der Waals surface area contributed by atoms with E-state index in [0.29, 0.717) is 48.4 Å². The lowest BCUT2D eigenvalue weighted by molar-refractivity contribution is 0.0704. The van der Waals surface area contributed by atoms with Gasteiger partial charge >= 0.3 is 0 Å². The van der Waals surface area contributed by atoms with E-state index in [-0.39, 0.29) is 23.1 Å². The third-order valence-corrected chi connectivity index (χ3v) is 7.44. The summed E-state index contributed by atoms with van der Waals surface area (Å²) in [5.41, 5.74) is 4.59. The Hall–Kier alpha value is -3.44. The van der Waals surface area contributed by atoms with E-state index in [9.17, 15) is 9.18 Å². The predicted molar refractivity (Wildman–Crippen MR) is 146 cm³/mol. The van der Waals surface area contributed by atoms with E-state index in [2.05, 4.69) is 9.24 Å². The van der Waals surface area contributed by atoms with Crippen LogP contribution in [0.1, 0.15) is 63.2 Å². The van der Waals surface area contributed by atoms with Crippen LogP contribution in [0.5, 0.6) is 0 Å². The maximum atomic E-state index is 15.2. The van der Waals surface area contributed by atoms with Crippen molar-refractivity contribution in [3.8, 4) is 0 Å². The molecule has 0 bridgehead atoms. The van der Waals surface area contributed by atoms with Gasteiger partial charge in [-0.25, -0.2) is 13.8 Å². The minimum absolute atomic E-state index is 0.000916. The third-order valence-electron chi connectivity index (χ3n) is 7.14. The summed E-state index contributed by atoms with van der Waals surface area (Å²) in [5.74, 6) is -0.318. The summed E-state index contributed by atoms with van der Waals surface area (Å²) >= 11 is 0. The van der Waals surface area contributed by atoms with E-state index < -0.39 is 11.9 Å². The molecule has 2 unspecified atom stereocenters. The van der Waals surface area contributed by atoms with Gasteiger partial charge in [-0.15, -0.1) is 0 Å². The lowest BCUT2D eigenvalue weighted by atomic mass is 9.93. The summed E-state index contributed by atoms with van der Waals surface area (Å²) in [5, 5.41) is 8.57. The van der Waals surface area contributed by atoms with Crippen LogP contribution in [0.2, 0.25) is 0 Å². The number of imidazole rings is 1. The number of nitrogens with one attached hydrogen (secondary N) is 1. The summed E-state index contributed by atoms with van der Waals surface area (Å²) in [6, 6.07) is 16.5. The highest BCUT2D eigenvalue weighted by Gasteiger charge is 2.30. The van der Waals surface area contributed by atoms with Crippen molar-refractivity contribution in [2.45, 2.75) is 38.6 Å². The first-order chi connectivity index (χ1) is 17.7. The largest absolute Gasteiger partial charge is 0.339 e. The molecule has 1 fully saturated rings. The topological polar surface area (TPSA) is 62.0 Å². The zero-order valence-electron chi connectivity index (χ0n) is 20.8. The van der Waals surface area contributed by atoms with E-state index in [4.69, 9.17) is 10.4 Å². The average Bonchev–Trinajstić information content (AvgIpc) is 3.29. The standard InChI is InChI=1S/C29H29F2N4OP/c1-17-6-5-7-20(14-17)26(32)21-16-23(30)22(15-18(21)2)28(36)34-12-10-19(11-13-34)27-33-24-8-3-4-9-25(24)35(27)29(31)37/h3-9,14-16,19,29,32H,10-13,37H2,1-2H3. The van der Waals surface area contributed by atoms with Crippen molar-refractivity contribution in [3.63, 3.8) is 0 Å². The number of carbonyl (C=O) groups excluding carboxylic acids is 1. The number of para-hydroxylation sites is 2. The Balaban J connectivity index is 1.34. The Kier molecular flexibility index (Phi) is 6.91. The Morgan fingerprint density at radius 2 is 1.78 bits per heavy atom. The van der Waals surface area contributed by atoms with Crippen molar-refractivity contribution in [1.82, 2.24) is 14.5 Å². The molecule has 190 valence electrons. The molecule has 0 saturated carbocycles. The number of nitrogens with zero attached hydrogens (tertiary/aromatic N) is 3. The number of halogens is 2. The number of piperidine rings is 1. The first kappa shape index (κ1) is 25.2. The van der Waals surface area contributed by atoms with E-state index >= 15 is 4.39 Å². The van der Waals surface area contributed by atoms with Crippen molar-refractivity contribution in [3.05, 3.63) is 100 Å². The molecule has 3 aromatic carbocycles. The van der Waals surface area contributed by atoms with Crippen LogP contribution in [-0.2, 0) is 0 Å². The van der Waals surface area contributed by atoms with Crippen LogP contribution in [0.25, 0.3) is 11.0 Å². The molecule has 1 aliphatic rings. The molecular formula is C29H29F2N4OP. The number of carbonyl (C=O) groups is 1. The molecule has 1 amide bonds. The monoisotopic (exact) mass is 518 g/mol. The van der Waals surface area contributed by atoms with Gasteiger partial charge in [0.15, 0.2) is 6.04 Å². The summed E-state index contributed by atoms with van der Waals surface area (Å²) in [6.07, 6.45) is 1.23. The molecule has 0 spiro atoms. The van der Waals surface area contributed by atoms with Gasteiger partial charge < -0.3 is 4.90 Å². The van der Waals surface area contributed by atoms with E-state index in [0.717, 1.165) is 16.6 Å². The van der Waals surface area contributed by atoms with E-state index in [1.54, 1.807) is 22.5 Å². The van der Waals surface area contributed by atoms with Crippen LogP contribution >= 0.6 is 9.24 Å². The number of amides is 1. The van der Waals surface area contributed by atoms with Gasteiger partial charge in [-0.3, -0.25) is 14.8 Å². The van der Waals surface area contributed by atoms with Gasteiger partial charge in [0.25, 0.3) is 5.91 Å². The Bertz CT molecular complexity index is 1510. The molecule has 37 heavy (non-hydrogen) atoms. The molecule has 8 heteroatoms. The van der Waals surface area contributed by atoms with Crippen LogP contribution in [0.4, 0.5) is 8.78 Å². The number of aromatic nitrogens is 2. The Morgan fingerprint density at radius 1 is 1.05 bits per heavy atom. The maximum Gasteiger partial charge on any atom is 0.256 e. The number of likely N-dealkylation sites (tertiary alicyclic amines) is 1. The van der Waals surface area contributed by atoms with Crippen molar-refractivity contribution >= 4 is 31.9 Å². The molecule has 1 aliphatic heterocycles. The van der Waals surface area contributed by atoms with Crippen molar-refractivity contribution < 1.29 is 13.6 Å². The fourth-order valence-electron chi connectivity index (χ4n) is 5.19. The van der Waals surface area contributed by atoms with Gasteiger partial charge in [-0.2, -0.15) is 0 Å². The van der Waals surface area contributed by atoms with Gasteiger partial charge in [-0.05, 0) is 62.6 Å². The summed E-state index contributed by atoms with van der Waals surface area (Å²) in [7, 11) is 2.19. The lowest BCUT2D eigenvalue weighted by Crippen LogP contribution is -2.39. The number of fused-ring (bicyclic) bond motifs is 1. The summed E-state index contributed by atoms with van der Waals surface area (Å²) < 4.78 is 31.3. The maximum absolute atomic E-state index is 15.2. The fraction of sp³-hybridized carbons (Fsp3) is 0.276. The number of hydrogen-bond donors (Lipinski definition) is 1. The Morgan fingerprint density at radius 3 is 2.49 bits per heavy atom. The Labute approximate surface area is 217 Å². The van der Waals surface area contributed by atoms with Crippen molar-refractivity contribution in [1.29, 1.82) is 5.41 Å². The second-order valence-corrected chi connectivity index (χ2v) is 10.2. The first-order valence-corrected chi connectivity index (χ1v) is 13.0. The SMILES string of the molecule is Cc1cccc(C(=N)c2cc(F)c(C(=O)N3CCC(c4nc5ccccc5n4C(F)P)CC3)cc2C)c1. The zero-order valence-corrected chi connectivity index (χ0v) is 22.0. The van der Waals surface area contributed by atoms with Crippen molar-refractivity contribution in [2.24, 2.45) is 0 Å². The van der Waals surface area contributed by atoms with Crippen molar-refractivity contribution in [2.75, 3.05) is 13.1 Å². The van der Waals surface area contributed by atoms with Gasteiger partial charge in [0.05, 0.1) is 22.3 Å². The molecule has 1 aromatic heterocycles. The number of rotatable bonds is 5. The second-order valence-electron chi connectivity index (χ2n) is 9.66. The molecule has 1 saturated heterocycles. The number of aryl methyl sites for hydroxylation is 2. The molecule has 5 rings (SSSR count). The molecular weight excluding hydrogens is 489 g/mol. The highest BCUT2D eigenvalue weighted by atomic mass is 31.0. The second kappa shape index (κ2) is 10.1. The van der Waals surface area contributed by atoms with Crippen LogP contribution in [-0.4, -0.2) is 39.2 Å². The number of benzene rings is 3. The van der Waals surface area contributed by atoms with Gasteiger partial charge in [0.1, 0.15) is 11.6 Å². The number of alkyl halides is 1. The zero-order chi connectivity index (χ0) is 26.3. The molecule has 2 heterocycles. The molecule has 5 nitrogen and oxygen atoms in total. The highest BCUT2D eigenvalue weighted by molar-refractivity contribution is 7.16. The number of hydrogen-bond acceptors (Lipinski definition) is 3. The smallest absolute Gasteiger partial charge is 0.256 e. The van der Waals surface area contributed by atoms with Crippen LogP contribution < -0.4 is 0 Å². The van der Waals surface area contributed by atoms with E-state index in [1.807, 2.05) is 55.5 Å². The van der Waals surface area contributed by atoms with Crippen LogP contribution in [0.3, 0.4) is 0 Å². The first-order valence-electron chi connectivity index (χ1n) is 12.4. The predicted octanol–water partition coefficient (Wildman–Crippen LogP) is 6.53. The van der Waals surface area contributed by atoms with Gasteiger partial charge in [0.2, 0.25) is 0 Å². The van der Waals surface area contributed by atoms with Crippen LogP contribution in [0.15, 0.2) is 60.7 Å².